The maximum absolute atomic E-state index is 5.51. The quantitative estimate of drug-likeness (QED) is 0.858. The van der Waals surface area contributed by atoms with E-state index >= 15 is 0 Å². The van der Waals surface area contributed by atoms with E-state index in [0.717, 1.165) is 38.2 Å². The Hall–Kier alpha value is -1.48. The van der Waals surface area contributed by atoms with E-state index in [-0.39, 0.29) is 6.04 Å². The van der Waals surface area contributed by atoms with Crippen LogP contribution < -0.4 is 10.1 Å². The molecule has 1 heterocycles. The molecule has 1 aliphatic heterocycles. The molecule has 0 bridgehead atoms. The van der Waals surface area contributed by atoms with Crippen molar-refractivity contribution in [3.63, 3.8) is 0 Å². The summed E-state index contributed by atoms with van der Waals surface area (Å²) in [4.78, 5) is 0. The van der Waals surface area contributed by atoms with E-state index < -0.39 is 0 Å². The predicted molar refractivity (Wildman–Crippen MR) is 82.0 cm³/mol. The number of hydrogen-bond acceptors (Lipinski definition) is 3. The highest BCUT2D eigenvalue weighted by molar-refractivity contribution is 5.40. The minimum absolute atomic E-state index is 0.227. The lowest BCUT2D eigenvalue weighted by atomic mass is 9.94. The average molecular weight is 275 g/mol. The second kappa shape index (κ2) is 7.34. The van der Waals surface area contributed by atoms with Crippen molar-refractivity contribution in [3.8, 4) is 5.75 Å². The Bertz CT molecular complexity index is 468. The first-order chi connectivity index (χ1) is 9.76. The van der Waals surface area contributed by atoms with Crippen molar-refractivity contribution < 1.29 is 9.47 Å². The fourth-order valence-electron chi connectivity index (χ4n) is 2.56. The number of hydrogen-bond donors (Lipinski definition) is 1. The number of ether oxygens (including phenoxy) is 2. The van der Waals surface area contributed by atoms with Crippen LogP contribution in [-0.4, -0.2) is 20.3 Å². The maximum atomic E-state index is 5.51. The van der Waals surface area contributed by atoms with Crippen molar-refractivity contribution in [2.75, 3.05) is 20.3 Å². The van der Waals surface area contributed by atoms with Gasteiger partial charge in [0.05, 0.1) is 26.0 Å². The second-order valence-electron chi connectivity index (χ2n) is 5.28. The molecule has 0 amide bonds. The third-order valence-corrected chi connectivity index (χ3v) is 3.70. The standard InChI is InChI=1S/C17H25NO2/c1-4-9-18-17(15-6-5-10-20-12-15)14-8-7-13(2)16(11-14)19-3/h7-8,11-12,17-18H,4-6,9-10H2,1-3H3. The largest absolute Gasteiger partial charge is 0.501 e. The first-order valence-corrected chi connectivity index (χ1v) is 7.44. The monoisotopic (exact) mass is 275 g/mol. The molecule has 1 aliphatic rings. The molecule has 0 aromatic heterocycles. The first kappa shape index (κ1) is 14.9. The number of aryl methyl sites for hydroxylation is 1. The highest BCUT2D eigenvalue weighted by Gasteiger charge is 2.19. The molecule has 3 nitrogen and oxygen atoms in total. The van der Waals surface area contributed by atoms with Crippen LogP contribution in [0.5, 0.6) is 5.75 Å². The molecule has 0 saturated carbocycles. The molecule has 1 N–H and O–H groups in total. The average Bonchev–Trinajstić information content (AvgIpc) is 2.50. The van der Waals surface area contributed by atoms with E-state index in [2.05, 4.69) is 37.4 Å². The molecule has 0 radical (unpaired) electrons. The van der Waals surface area contributed by atoms with Gasteiger partial charge in [-0.2, -0.15) is 0 Å². The summed E-state index contributed by atoms with van der Waals surface area (Å²) in [6, 6.07) is 6.67. The van der Waals surface area contributed by atoms with Crippen LogP contribution in [0.25, 0.3) is 0 Å². The van der Waals surface area contributed by atoms with Gasteiger partial charge in [0, 0.05) is 0 Å². The molecule has 2 rings (SSSR count). The number of nitrogens with one attached hydrogen (secondary N) is 1. The third kappa shape index (κ3) is 3.54. The molecule has 1 aromatic rings. The lowest BCUT2D eigenvalue weighted by Gasteiger charge is -2.25. The van der Waals surface area contributed by atoms with Crippen LogP contribution in [-0.2, 0) is 4.74 Å². The molecule has 110 valence electrons. The molecular weight excluding hydrogens is 250 g/mol. The molecule has 0 saturated heterocycles. The Morgan fingerprint density at radius 2 is 2.25 bits per heavy atom. The van der Waals surface area contributed by atoms with Gasteiger partial charge in [0.2, 0.25) is 0 Å². The van der Waals surface area contributed by atoms with Gasteiger partial charge in [0.25, 0.3) is 0 Å². The highest BCUT2D eigenvalue weighted by Crippen LogP contribution is 2.31. The van der Waals surface area contributed by atoms with Gasteiger partial charge in [0.1, 0.15) is 5.75 Å². The van der Waals surface area contributed by atoms with Crippen LogP contribution in [0.3, 0.4) is 0 Å². The van der Waals surface area contributed by atoms with Crippen LogP contribution >= 0.6 is 0 Å². The zero-order valence-corrected chi connectivity index (χ0v) is 12.7. The van der Waals surface area contributed by atoms with Gasteiger partial charge in [-0.05, 0) is 55.5 Å². The van der Waals surface area contributed by atoms with E-state index in [1.807, 2.05) is 6.26 Å². The van der Waals surface area contributed by atoms with Gasteiger partial charge in [0.15, 0.2) is 0 Å². The third-order valence-electron chi connectivity index (χ3n) is 3.70. The van der Waals surface area contributed by atoms with Crippen molar-refractivity contribution in [2.24, 2.45) is 0 Å². The molecule has 0 aliphatic carbocycles. The van der Waals surface area contributed by atoms with E-state index in [1.54, 1.807) is 7.11 Å². The van der Waals surface area contributed by atoms with Crippen molar-refractivity contribution in [3.05, 3.63) is 41.2 Å². The minimum Gasteiger partial charge on any atom is -0.501 e. The molecule has 1 unspecified atom stereocenters. The molecular formula is C17H25NO2. The molecule has 20 heavy (non-hydrogen) atoms. The summed E-state index contributed by atoms with van der Waals surface area (Å²) in [6.07, 6.45) is 5.24. The molecule has 3 heteroatoms. The smallest absolute Gasteiger partial charge is 0.122 e. The maximum Gasteiger partial charge on any atom is 0.122 e. The molecule has 0 spiro atoms. The summed E-state index contributed by atoms with van der Waals surface area (Å²) in [6.45, 7) is 6.09. The van der Waals surface area contributed by atoms with E-state index in [1.165, 1.54) is 16.7 Å². The van der Waals surface area contributed by atoms with Gasteiger partial charge < -0.3 is 14.8 Å². The van der Waals surface area contributed by atoms with E-state index in [4.69, 9.17) is 9.47 Å². The number of rotatable bonds is 6. The topological polar surface area (TPSA) is 30.5 Å². The zero-order chi connectivity index (χ0) is 14.4. The summed E-state index contributed by atoms with van der Waals surface area (Å²) >= 11 is 0. The summed E-state index contributed by atoms with van der Waals surface area (Å²) < 4.78 is 11.0. The van der Waals surface area contributed by atoms with E-state index in [0.29, 0.717) is 0 Å². The Morgan fingerprint density at radius 1 is 1.40 bits per heavy atom. The first-order valence-electron chi connectivity index (χ1n) is 7.44. The van der Waals surface area contributed by atoms with Crippen molar-refractivity contribution in [1.29, 1.82) is 0 Å². The van der Waals surface area contributed by atoms with Crippen LogP contribution in [0.2, 0.25) is 0 Å². The molecule has 1 aromatic carbocycles. The van der Waals surface area contributed by atoms with Crippen LogP contribution in [0.4, 0.5) is 0 Å². The normalized spacial score (nSPS) is 16.2. The Balaban J connectivity index is 2.27. The van der Waals surface area contributed by atoms with Crippen LogP contribution in [0, 0.1) is 6.92 Å². The van der Waals surface area contributed by atoms with Gasteiger partial charge in [-0.3, -0.25) is 0 Å². The van der Waals surface area contributed by atoms with Gasteiger partial charge in [-0.15, -0.1) is 0 Å². The van der Waals surface area contributed by atoms with Crippen LogP contribution in [0.1, 0.15) is 43.4 Å². The van der Waals surface area contributed by atoms with Crippen molar-refractivity contribution in [2.45, 2.75) is 39.2 Å². The summed E-state index contributed by atoms with van der Waals surface area (Å²) in [5, 5.41) is 3.62. The Labute approximate surface area is 122 Å². The van der Waals surface area contributed by atoms with Gasteiger partial charge >= 0.3 is 0 Å². The lowest BCUT2D eigenvalue weighted by Crippen LogP contribution is -2.25. The minimum atomic E-state index is 0.227. The Morgan fingerprint density at radius 3 is 2.90 bits per heavy atom. The van der Waals surface area contributed by atoms with Crippen molar-refractivity contribution >= 4 is 0 Å². The summed E-state index contributed by atoms with van der Waals surface area (Å²) in [5.74, 6) is 0.947. The lowest BCUT2D eigenvalue weighted by molar-refractivity contribution is 0.219. The molecule has 0 fully saturated rings. The predicted octanol–water partition coefficient (Wildman–Crippen LogP) is 3.74. The fourth-order valence-corrected chi connectivity index (χ4v) is 2.56. The Kier molecular flexibility index (Phi) is 5.48. The van der Waals surface area contributed by atoms with Crippen molar-refractivity contribution in [1.82, 2.24) is 5.32 Å². The molecule has 1 atom stereocenters. The second-order valence-corrected chi connectivity index (χ2v) is 5.28. The summed E-state index contributed by atoms with van der Waals surface area (Å²) in [5.41, 5.74) is 3.74. The van der Waals surface area contributed by atoms with Gasteiger partial charge in [-0.1, -0.05) is 19.1 Å². The zero-order valence-electron chi connectivity index (χ0n) is 12.7. The van der Waals surface area contributed by atoms with Crippen LogP contribution in [0.15, 0.2) is 30.0 Å². The fraction of sp³-hybridized carbons (Fsp3) is 0.529. The SMILES string of the molecule is CCCNC(C1=COCCC1)c1ccc(C)c(OC)c1. The van der Waals surface area contributed by atoms with Gasteiger partial charge in [-0.25, -0.2) is 0 Å². The van der Waals surface area contributed by atoms with E-state index in [9.17, 15) is 0 Å². The number of benzene rings is 1. The highest BCUT2D eigenvalue weighted by atomic mass is 16.5. The summed E-state index contributed by atoms with van der Waals surface area (Å²) in [7, 11) is 1.73. The number of methoxy groups -OCH3 is 1.